The van der Waals surface area contributed by atoms with Crippen LogP contribution in [0.1, 0.15) is 27.7 Å². The highest BCUT2D eigenvalue weighted by Crippen LogP contribution is 2.41. The molecule has 5 aromatic rings. The van der Waals surface area contributed by atoms with E-state index in [0.29, 0.717) is 0 Å². The smallest absolute Gasteiger partial charge is 0.456 e. The molecule has 0 saturated carbocycles. The first-order valence-electron chi connectivity index (χ1n) is 9.97. The fraction of sp³-hybridized carbons (Fsp3) is 0.250. The molecule has 144 valence electrons. The maximum atomic E-state index is 6.50. The lowest BCUT2D eigenvalue weighted by molar-refractivity contribution is 0.00578. The van der Waals surface area contributed by atoms with Crippen LogP contribution in [0.5, 0.6) is 0 Å². The average molecular weight is 384 g/mol. The minimum atomic E-state index is -0.520. The molecule has 4 nitrogen and oxygen atoms in total. The highest BCUT2D eigenvalue weighted by molar-refractivity contribution is 6.70. The van der Waals surface area contributed by atoms with Gasteiger partial charge in [0.05, 0.1) is 11.2 Å². The third-order valence-corrected chi connectivity index (χ3v) is 6.54. The Hall–Kier alpha value is -2.76. The molecule has 2 aromatic heterocycles. The maximum Gasteiger partial charge on any atom is 0.496 e. The number of furan rings is 2. The highest BCUT2D eigenvalue weighted by Gasteiger charge is 2.53. The van der Waals surface area contributed by atoms with Gasteiger partial charge < -0.3 is 18.1 Å². The van der Waals surface area contributed by atoms with Crippen LogP contribution >= 0.6 is 0 Å². The first kappa shape index (κ1) is 17.1. The van der Waals surface area contributed by atoms with E-state index in [1.165, 1.54) is 0 Å². The topological polar surface area (TPSA) is 44.7 Å². The SMILES string of the molecule is CC1(C)OB(c2c3c(cc4oc5ccccc5c24)oc2ccccc23)OC1(C)C. The van der Waals surface area contributed by atoms with Gasteiger partial charge >= 0.3 is 7.12 Å². The summed E-state index contributed by atoms with van der Waals surface area (Å²) in [5, 5.41) is 4.16. The predicted molar refractivity (Wildman–Crippen MR) is 117 cm³/mol. The summed E-state index contributed by atoms with van der Waals surface area (Å²) in [5.41, 5.74) is 3.35. The molecule has 0 bridgehead atoms. The van der Waals surface area contributed by atoms with Crippen molar-refractivity contribution in [3.8, 4) is 0 Å². The minimum absolute atomic E-state index is 0.439. The minimum Gasteiger partial charge on any atom is -0.456 e. The molecule has 0 radical (unpaired) electrons. The Labute approximate surface area is 168 Å². The van der Waals surface area contributed by atoms with E-state index in [9.17, 15) is 0 Å². The second-order valence-corrected chi connectivity index (χ2v) is 8.82. The van der Waals surface area contributed by atoms with Crippen LogP contribution in [0.2, 0.25) is 0 Å². The zero-order chi connectivity index (χ0) is 20.0. The molecule has 0 spiro atoms. The molecule has 0 aliphatic carbocycles. The van der Waals surface area contributed by atoms with Gasteiger partial charge in [-0.05, 0) is 39.8 Å². The van der Waals surface area contributed by atoms with E-state index < -0.39 is 18.3 Å². The van der Waals surface area contributed by atoms with Gasteiger partial charge in [-0.2, -0.15) is 0 Å². The number of hydrogen-bond donors (Lipinski definition) is 0. The molecular weight excluding hydrogens is 363 g/mol. The standard InChI is InChI=1S/C24H21BO4/c1-23(2)24(3,4)29-25(28-23)22-20-14-9-5-7-11-16(14)26-18(20)13-19-21(22)15-10-6-8-12-17(15)27-19/h5-13H,1-4H3. The summed E-state index contributed by atoms with van der Waals surface area (Å²) in [7, 11) is -0.520. The number of benzene rings is 3. The van der Waals surface area contributed by atoms with Crippen molar-refractivity contribution in [3.05, 3.63) is 54.6 Å². The van der Waals surface area contributed by atoms with Crippen LogP contribution in [-0.4, -0.2) is 18.3 Å². The summed E-state index contributed by atoms with van der Waals surface area (Å²) >= 11 is 0. The molecule has 0 N–H and O–H groups in total. The molecule has 0 amide bonds. The van der Waals surface area contributed by atoms with E-state index in [-0.39, 0.29) is 0 Å². The van der Waals surface area contributed by atoms with Gasteiger partial charge in [0.1, 0.15) is 22.3 Å². The van der Waals surface area contributed by atoms with Crippen LogP contribution in [-0.2, 0) is 9.31 Å². The van der Waals surface area contributed by atoms with Crippen molar-refractivity contribution in [2.45, 2.75) is 38.9 Å². The van der Waals surface area contributed by atoms with E-state index in [0.717, 1.165) is 49.3 Å². The molecular formula is C24H21BO4. The van der Waals surface area contributed by atoms with Crippen molar-refractivity contribution < 1.29 is 18.1 Å². The molecule has 3 aromatic carbocycles. The largest absolute Gasteiger partial charge is 0.496 e. The Morgan fingerprint density at radius 2 is 1.07 bits per heavy atom. The first-order chi connectivity index (χ1) is 13.9. The normalized spacial score (nSPS) is 18.6. The number of fused-ring (bicyclic) bond motifs is 6. The summed E-state index contributed by atoms with van der Waals surface area (Å²) in [6.07, 6.45) is 0. The molecule has 0 atom stereocenters. The summed E-state index contributed by atoms with van der Waals surface area (Å²) in [6.45, 7) is 8.30. The van der Waals surface area contributed by atoms with Gasteiger partial charge in [0.25, 0.3) is 0 Å². The third-order valence-electron chi connectivity index (χ3n) is 6.54. The molecule has 0 unspecified atom stereocenters. The van der Waals surface area contributed by atoms with Crippen LogP contribution in [0, 0.1) is 0 Å². The Balaban J connectivity index is 1.80. The second kappa shape index (κ2) is 5.44. The lowest BCUT2D eigenvalue weighted by Gasteiger charge is -2.32. The van der Waals surface area contributed by atoms with E-state index >= 15 is 0 Å². The van der Waals surface area contributed by atoms with Crippen molar-refractivity contribution in [2.24, 2.45) is 0 Å². The third kappa shape index (κ3) is 2.23. The molecule has 6 rings (SSSR count). The molecule has 3 heterocycles. The van der Waals surface area contributed by atoms with Crippen LogP contribution in [0.15, 0.2) is 63.4 Å². The van der Waals surface area contributed by atoms with Crippen molar-refractivity contribution in [3.63, 3.8) is 0 Å². The molecule has 1 aliphatic heterocycles. The second-order valence-electron chi connectivity index (χ2n) is 8.82. The van der Waals surface area contributed by atoms with Crippen LogP contribution in [0.3, 0.4) is 0 Å². The van der Waals surface area contributed by atoms with Crippen molar-refractivity contribution in [1.82, 2.24) is 0 Å². The van der Waals surface area contributed by atoms with E-state index in [4.69, 9.17) is 18.1 Å². The predicted octanol–water partition coefficient (Wildman–Crippen LogP) is 5.78. The van der Waals surface area contributed by atoms with E-state index in [2.05, 4.69) is 39.8 Å². The van der Waals surface area contributed by atoms with Crippen LogP contribution in [0.4, 0.5) is 0 Å². The Kier molecular flexibility index (Phi) is 3.21. The molecule has 1 aliphatic rings. The first-order valence-corrected chi connectivity index (χ1v) is 9.97. The summed E-state index contributed by atoms with van der Waals surface area (Å²) in [5.74, 6) is 0. The van der Waals surface area contributed by atoms with E-state index in [1.54, 1.807) is 0 Å². The van der Waals surface area contributed by atoms with Crippen molar-refractivity contribution in [1.29, 1.82) is 0 Å². The van der Waals surface area contributed by atoms with Crippen LogP contribution < -0.4 is 5.46 Å². The van der Waals surface area contributed by atoms with Gasteiger partial charge in [-0.1, -0.05) is 36.4 Å². The van der Waals surface area contributed by atoms with Crippen molar-refractivity contribution in [2.75, 3.05) is 0 Å². The fourth-order valence-corrected chi connectivity index (χ4v) is 4.33. The van der Waals surface area contributed by atoms with Gasteiger partial charge in [-0.15, -0.1) is 0 Å². The maximum absolute atomic E-state index is 6.50. The lowest BCUT2D eigenvalue weighted by Crippen LogP contribution is -2.41. The van der Waals surface area contributed by atoms with Crippen LogP contribution in [0.25, 0.3) is 43.9 Å². The Morgan fingerprint density at radius 3 is 1.55 bits per heavy atom. The quantitative estimate of drug-likeness (QED) is 0.344. The Morgan fingerprint density at radius 1 is 0.621 bits per heavy atom. The number of rotatable bonds is 1. The van der Waals surface area contributed by atoms with Gasteiger partial charge in [0.2, 0.25) is 0 Å². The molecule has 1 fully saturated rings. The number of hydrogen-bond acceptors (Lipinski definition) is 4. The summed E-state index contributed by atoms with van der Waals surface area (Å²) < 4.78 is 25.4. The van der Waals surface area contributed by atoms with E-state index in [1.807, 2.05) is 42.5 Å². The number of para-hydroxylation sites is 2. The zero-order valence-corrected chi connectivity index (χ0v) is 16.9. The van der Waals surface area contributed by atoms with Gasteiger partial charge in [-0.25, -0.2) is 0 Å². The monoisotopic (exact) mass is 384 g/mol. The fourth-order valence-electron chi connectivity index (χ4n) is 4.33. The Bertz CT molecular complexity index is 1320. The summed E-state index contributed by atoms with van der Waals surface area (Å²) in [4.78, 5) is 0. The molecule has 5 heteroatoms. The van der Waals surface area contributed by atoms with Gasteiger partial charge in [-0.3, -0.25) is 0 Å². The van der Waals surface area contributed by atoms with Gasteiger partial charge in [0, 0.05) is 33.1 Å². The lowest BCUT2D eigenvalue weighted by atomic mass is 9.73. The average Bonchev–Trinajstić information content (AvgIpc) is 3.28. The van der Waals surface area contributed by atoms with Gasteiger partial charge in [0.15, 0.2) is 0 Å². The van der Waals surface area contributed by atoms with Crippen molar-refractivity contribution >= 4 is 56.5 Å². The highest BCUT2D eigenvalue weighted by atomic mass is 16.7. The summed E-state index contributed by atoms with van der Waals surface area (Å²) in [6, 6.07) is 18.2. The molecule has 29 heavy (non-hydrogen) atoms. The zero-order valence-electron chi connectivity index (χ0n) is 16.9. The molecule has 1 saturated heterocycles.